The van der Waals surface area contributed by atoms with Crippen LogP contribution in [0.2, 0.25) is 10.0 Å². The molecule has 0 spiro atoms. The Morgan fingerprint density at radius 3 is 2.67 bits per heavy atom. The Labute approximate surface area is 120 Å². The maximum atomic E-state index is 9.95. The number of halogens is 2. The minimum absolute atomic E-state index is 0.0489. The van der Waals surface area contributed by atoms with Gasteiger partial charge in [0.05, 0.1) is 10.7 Å². The van der Waals surface area contributed by atoms with Crippen LogP contribution in [0.5, 0.6) is 5.75 Å². The molecule has 1 aromatic carbocycles. The van der Waals surface area contributed by atoms with Crippen LogP contribution < -0.4 is 5.32 Å². The van der Waals surface area contributed by atoms with Gasteiger partial charge in [0.15, 0.2) is 5.75 Å². The highest BCUT2D eigenvalue weighted by molar-refractivity contribution is 7.10. The summed E-state index contributed by atoms with van der Waals surface area (Å²) in [6, 6.07) is 3.76. The van der Waals surface area contributed by atoms with E-state index >= 15 is 0 Å². The Hall–Kier alpha value is -0.900. The average molecular weight is 302 g/mol. The average Bonchev–Trinajstić information content (AvgIpc) is 2.75. The van der Waals surface area contributed by atoms with Crippen molar-refractivity contribution < 1.29 is 5.11 Å². The molecule has 0 aliphatic heterocycles. The Kier molecular flexibility index (Phi) is 4.05. The molecule has 2 aromatic rings. The van der Waals surface area contributed by atoms with Crippen molar-refractivity contribution in [2.24, 2.45) is 0 Å². The van der Waals surface area contributed by atoms with Crippen LogP contribution in [0.3, 0.4) is 0 Å². The van der Waals surface area contributed by atoms with Crippen molar-refractivity contribution >= 4 is 40.2 Å². The topological polar surface area (TPSA) is 32.3 Å². The highest BCUT2D eigenvalue weighted by Crippen LogP contribution is 2.39. The molecule has 96 valence electrons. The van der Waals surface area contributed by atoms with E-state index in [-0.39, 0.29) is 5.75 Å². The van der Waals surface area contributed by atoms with Crippen LogP contribution >= 0.6 is 34.5 Å². The van der Waals surface area contributed by atoms with Crippen molar-refractivity contribution in [2.75, 3.05) is 5.32 Å². The van der Waals surface area contributed by atoms with Crippen molar-refractivity contribution in [3.8, 4) is 5.75 Å². The number of benzene rings is 1. The third kappa shape index (κ3) is 2.58. The van der Waals surface area contributed by atoms with Gasteiger partial charge >= 0.3 is 0 Å². The van der Waals surface area contributed by atoms with E-state index in [2.05, 4.69) is 18.3 Å². The fraction of sp³-hybridized carbons (Fsp3) is 0.231. The monoisotopic (exact) mass is 301 g/mol. The van der Waals surface area contributed by atoms with Crippen molar-refractivity contribution in [1.29, 1.82) is 0 Å². The lowest BCUT2D eigenvalue weighted by molar-refractivity contribution is 0.477. The number of aryl methyl sites for hydroxylation is 1. The smallest absolute Gasteiger partial charge is 0.157 e. The zero-order valence-corrected chi connectivity index (χ0v) is 12.4. The molecule has 2 nitrogen and oxygen atoms in total. The summed E-state index contributed by atoms with van der Waals surface area (Å²) in [6.45, 7) is 4.48. The van der Waals surface area contributed by atoms with Crippen molar-refractivity contribution in [1.82, 2.24) is 0 Å². The van der Waals surface area contributed by atoms with E-state index in [1.807, 2.05) is 5.38 Å². The van der Waals surface area contributed by atoms with Crippen LogP contribution in [0.4, 0.5) is 5.69 Å². The number of aromatic hydroxyl groups is 1. The highest BCUT2D eigenvalue weighted by Gasteiger charge is 2.12. The maximum absolute atomic E-state index is 9.95. The van der Waals surface area contributed by atoms with E-state index < -0.39 is 0 Å². The molecular formula is C13H13Cl2NOS. The summed E-state index contributed by atoms with van der Waals surface area (Å²) in [7, 11) is 0. The fourth-order valence-corrected chi connectivity index (χ4v) is 2.90. The standard InChI is InChI=1S/C13H13Cl2NOS/c1-7-3-4-18-11(7)6-16-10-5-9(14)8(2)12(15)13(10)17/h3-5,16-17H,6H2,1-2H3. The summed E-state index contributed by atoms with van der Waals surface area (Å²) < 4.78 is 0. The minimum atomic E-state index is 0.0489. The molecule has 0 unspecified atom stereocenters. The predicted molar refractivity (Wildman–Crippen MR) is 79.2 cm³/mol. The van der Waals surface area contributed by atoms with Crippen molar-refractivity contribution in [2.45, 2.75) is 20.4 Å². The second-order valence-electron chi connectivity index (χ2n) is 4.07. The fourth-order valence-electron chi connectivity index (χ4n) is 1.60. The third-order valence-corrected chi connectivity index (χ3v) is 4.71. The number of anilines is 1. The molecule has 2 rings (SSSR count). The van der Waals surface area contributed by atoms with E-state index in [4.69, 9.17) is 23.2 Å². The summed E-state index contributed by atoms with van der Waals surface area (Å²) in [6.07, 6.45) is 0. The van der Waals surface area contributed by atoms with Gasteiger partial charge in [-0.2, -0.15) is 0 Å². The number of hydrogen-bond donors (Lipinski definition) is 2. The van der Waals surface area contributed by atoms with Crippen molar-refractivity contribution in [3.05, 3.63) is 43.6 Å². The quantitative estimate of drug-likeness (QED) is 0.783. The molecule has 0 saturated heterocycles. The molecule has 0 atom stereocenters. The normalized spacial score (nSPS) is 10.7. The molecule has 0 radical (unpaired) electrons. The Bertz CT molecular complexity index is 581. The van der Waals surface area contributed by atoms with Gasteiger partial charge in [-0.3, -0.25) is 0 Å². The lowest BCUT2D eigenvalue weighted by Gasteiger charge is -2.12. The molecular weight excluding hydrogens is 289 g/mol. The largest absolute Gasteiger partial charge is 0.504 e. The first-order chi connectivity index (χ1) is 8.50. The van der Waals surface area contributed by atoms with Gasteiger partial charge in [-0.25, -0.2) is 0 Å². The van der Waals surface area contributed by atoms with Crippen LogP contribution in [0.15, 0.2) is 17.5 Å². The van der Waals surface area contributed by atoms with Gasteiger partial charge < -0.3 is 10.4 Å². The van der Waals surface area contributed by atoms with Gasteiger partial charge in [-0.15, -0.1) is 11.3 Å². The minimum Gasteiger partial charge on any atom is -0.504 e. The summed E-state index contributed by atoms with van der Waals surface area (Å²) in [5, 5.41) is 16.0. The van der Waals surface area contributed by atoms with Crippen molar-refractivity contribution in [3.63, 3.8) is 0 Å². The van der Waals surface area contributed by atoms with E-state index in [0.717, 1.165) is 0 Å². The molecule has 18 heavy (non-hydrogen) atoms. The lowest BCUT2D eigenvalue weighted by Crippen LogP contribution is -2.00. The lowest BCUT2D eigenvalue weighted by atomic mass is 10.2. The maximum Gasteiger partial charge on any atom is 0.157 e. The van der Waals surface area contributed by atoms with E-state index in [9.17, 15) is 5.11 Å². The van der Waals surface area contributed by atoms with Crippen LogP contribution in [0.1, 0.15) is 16.0 Å². The van der Waals surface area contributed by atoms with Gasteiger partial charge in [0.2, 0.25) is 0 Å². The molecule has 0 bridgehead atoms. The van der Waals surface area contributed by atoms with Crippen LogP contribution in [-0.2, 0) is 6.54 Å². The van der Waals surface area contributed by atoms with E-state index in [1.165, 1.54) is 10.4 Å². The molecule has 0 aliphatic rings. The van der Waals surface area contributed by atoms with Gasteiger partial charge in [0.1, 0.15) is 0 Å². The first kappa shape index (κ1) is 13.5. The molecule has 1 aromatic heterocycles. The second-order valence-corrected chi connectivity index (χ2v) is 5.86. The summed E-state index contributed by atoms with van der Waals surface area (Å²) in [5.41, 5.74) is 2.48. The zero-order chi connectivity index (χ0) is 13.3. The van der Waals surface area contributed by atoms with E-state index in [0.29, 0.717) is 27.8 Å². The van der Waals surface area contributed by atoms with Gasteiger partial charge in [-0.05, 0) is 42.5 Å². The van der Waals surface area contributed by atoms with Crippen LogP contribution in [0, 0.1) is 13.8 Å². The zero-order valence-electron chi connectivity index (χ0n) is 10.1. The number of rotatable bonds is 3. The van der Waals surface area contributed by atoms with E-state index in [1.54, 1.807) is 24.3 Å². The number of thiophene rings is 1. The number of hydrogen-bond acceptors (Lipinski definition) is 3. The first-order valence-corrected chi connectivity index (χ1v) is 7.08. The van der Waals surface area contributed by atoms with Crippen LogP contribution in [-0.4, -0.2) is 5.11 Å². The molecule has 1 heterocycles. The molecule has 5 heteroatoms. The van der Waals surface area contributed by atoms with Gasteiger partial charge in [-0.1, -0.05) is 23.2 Å². The summed E-state index contributed by atoms with van der Waals surface area (Å²) in [4.78, 5) is 1.22. The van der Waals surface area contributed by atoms with Crippen LogP contribution in [0.25, 0.3) is 0 Å². The molecule has 0 saturated carbocycles. The first-order valence-electron chi connectivity index (χ1n) is 5.45. The molecule has 2 N–H and O–H groups in total. The Morgan fingerprint density at radius 1 is 1.33 bits per heavy atom. The highest BCUT2D eigenvalue weighted by atomic mass is 35.5. The summed E-state index contributed by atoms with van der Waals surface area (Å²) >= 11 is 13.7. The third-order valence-electron chi connectivity index (χ3n) is 2.83. The second kappa shape index (κ2) is 5.39. The molecule has 0 aliphatic carbocycles. The molecule has 0 amide bonds. The number of phenols is 1. The van der Waals surface area contributed by atoms with Gasteiger partial charge in [0.25, 0.3) is 0 Å². The predicted octanol–water partition coefficient (Wildman–Crippen LogP) is 4.99. The SMILES string of the molecule is Cc1ccsc1CNc1cc(Cl)c(C)c(Cl)c1O. The molecule has 0 fully saturated rings. The summed E-state index contributed by atoms with van der Waals surface area (Å²) in [5.74, 6) is 0.0489. The Morgan fingerprint density at radius 2 is 2.06 bits per heavy atom. The Balaban J connectivity index is 2.23. The van der Waals surface area contributed by atoms with Gasteiger partial charge in [0, 0.05) is 16.4 Å². The number of phenolic OH excluding ortho intramolecular Hbond substituents is 1. The number of nitrogens with one attached hydrogen (secondary N) is 1.